The Balaban J connectivity index is 4.21. The van der Waals surface area contributed by atoms with Gasteiger partial charge in [-0.25, -0.2) is 9.59 Å². The summed E-state index contributed by atoms with van der Waals surface area (Å²) in [7, 11) is -3.88. The third-order valence-electron chi connectivity index (χ3n) is 3.85. The molecule has 0 heterocycles. The van der Waals surface area contributed by atoms with Crippen molar-refractivity contribution in [3.63, 3.8) is 0 Å². The van der Waals surface area contributed by atoms with Crippen molar-refractivity contribution < 1.29 is 46.3 Å². The van der Waals surface area contributed by atoms with Gasteiger partial charge in [0.2, 0.25) is 5.91 Å². The van der Waals surface area contributed by atoms with E-state index in [0.29, 0.717) is 12.8 Å². The minimum atomic E-state index is -3.88. The third-order valence-corrected chi connectivity index (χ3v) is 5.12. The van der Waals surface area contributed by atoms with E-state index in [0.717, 1.165) is 0 Å². The summed E-state index contributed by atoms with van der Waals surface area (Å²) in [6, 6.07) is 0. The van der Waals surface area contributed by atoms with E-state index >= 15 is 0 Å². The number of nitrogens with one attached hydrogen (secondary N) is 1. The maximum atomic E-state index is 12.0. The van der Waals surface area contributed by atoms with E-state index in [1.165, 1.54) is 20.8 Å². The summed E-state index contributed by atoms with van der Waals surface area (Å²) >= 11 is 0. The fraction of sp³-hybridized carbons (Fsp3) is 0.842. The highest BCUT2D eigenvalue weighted by molar-refractivity contribution is 7.86. The topological polar surface area (TPSA) is 155 Å². The lowest BCUT2D eigenvalue weighted by Gasteiger charge is -2.28. The first kappa shape index (κ1) is 29.1. The molecule has 0 radical (unpaired) electrons. The zero-order chi connectivity index (χ0) is 24.1. The van der Waals surface area contributed by atoms with Gasteiger partial charge in [0.1, 0.15) is 0 Å². The predicted molar refractivity (Wildman–Crippen MR) is 111 cm³/mol. The Kier molecular flexibility index (Phi) is 13.3. The van der Waals surface area contributed by atoms with Gasteiger partial charge in [-0.05, 0) is 33.1 Å². The van der Waals surface area contributed by atoms with E-state index in [1.54, 1.807) is 13.8 Å². The Morgan fingerprint density at radius 3 is 2.16 bits per heavy atom. The second-order valence-electron chi connectivity index (χ2n) is 7.89. The number of hydrogen-bond donors (Lipinski definition) is 2. The Morgan fingerprint density at radius 1 is 1.03 bits per heavy atom. The third kappa shape index (κ3) is 14.7. The highest BCUT2D eigenvalue weighted by Crippen LogP contribution is 2.23. The quantitative estimate of drug-likeness (QED) is 0.203. The molecule has 2 N–H and O–H groups in total. The number of ether oxygens (including phenoxy) is 3. The first-order valence-corrected chi connectivity index (χ1v) is 11.6. The van der Waals surface area contributed by atoms with Gasteiger partial charge in [-0.3, -0.25) is 8.98 Å². The largest absolute Gasteiger partial charge is 0.508 e. The number of esters is 1. The number of aliphatic hydroxyl groups excluding tert-OH is 1. The van der Waals surface area contributed by atoms with Crippen LogP contribution in [0.25, 0.3) is 0 Å². The summed E-state index contributed by atoms with van der Waals surface area (Å²) in [5.74, 6) is -1.48. The zero-order valence-electron chi connectivity index (χ0n) is 18.8. The number of aliphatic hydroxyl groups is 1. The summed E-state index contributed by atoms with van der Waals surface area (Å²) in [6.45, 7) is 7.54. The van der Waals surface area contributed by atoms with Crippen molar-refractivity contribution >= 4 is 28.1 Å². The van der Waals surface area contributed by atoms with Gasteiger partial charge in [-0.2, -0.15) is 8.42 Å². The highest BCUT2D eigenvalue weighted by Gasteiger charge is 2.36. The van der Waals surface area contributed by atoms with Gasteiger partial charge in [0.05, 0.1) is 31.7 Å². The molecule has 31 heavy (non-hydrogen) atoms. The molecule has 0 rings (SSSR count). The molecule has 11 nitrogen and oxygen atoms in total. The maximum Gasteiger partial charge on any atom is 0.508 e. The summed E-state index contributed by atoms with van der Waals surface area (Å²) < 4.78 is 43.4. The molecule has 0 bridgehead atoms. The molecule has 0 aromatic carbocycles. The molecule has 1 amide bonds. The normalized spacial score (nSPS) is 12.9. The van der Waals surface area contributed by atoms with Crippen LogP contribution in [0, 0.1) is 5.41 Å². The smallest absolute Gasteiger partial charge is 0.464 e. The molecule has 0 fully saturated rings. The second kappa shape index (κ2) is 14.2. The molecule has 12 heteroatoms. The van der Waals surface area contributed by atoms with Crippen molar-refractivity contribution in [2.24, 2.45) is 5.41 Å². The van der Waals surface area contributed by atoms with E-state index in [9.17, 15) is 27.9 Å². The molecular weight excluding hydrogens is 434 g/mol. The van der Waals surface area contributed by atoms with Gasteiger partial charge < -0.3 is 24.6 Å². The van der Waals surface area contributed by atoms with E-state index < -0.39 is 40.4 Å². The fourth-order valence-corrected chi connectivity index (χ4v) is 3.15. The molecule has 1 atom stereocenters. The van der Waals surface area contributed by atoms with Crippen LogP contribution in [0.2, 0.25) is 0 Å². The van der Waals surface area contributed by atoms with E-state index in [2.05, 4.69) is 5.32 Å². The minimum Gasteiger partial charge on any atom is -0.464 e. The SMILES string of the molecule is CC(=O)NCCCS(=O)(=O)OCC(C)(C)[C@@H](O)C(=O)OCCCCOC(=O)OC(C)C. The Hall–Kier alpha value is -1.92. The van der Waals surface area contributed by atoms with Crippen LogP contribution in [0.4, 0.5) is 4.79 Å². The molecule has 0 aliphatic carbocycles. The fourth-order valence-electron chi connectivity index (χ4n) is 2.05. The van der Waals surface area contributed by atoms with Gasteiger partial charge in [0.25, 0.3) is 10.1 Å². The van der Waals surface area contributed by atoms with Crippen LogP contribution in [0.5, 0.6) is 0 Å². The molecule has 0 saturated carbocycles. The van der Waals surface area contributed by atoms with Gasteiger partial charge in [-0.1, -0.05) is 13.8 Å². The van der Waals surface area contributed by atoms with Crippen molar-refractivity contribution in [2.45, 2.75) is 66.1 Å². The van der Waals surface area contributed by atoms with Gasteiger partial charge in [0.15, 0.2) is 6.10 Å². The molecule has 0 aromatic heterocycles. The van der Waals surface area contributed by atoms with E-state index in [1.807, 2.05) is 0 Å². The van der Waals surface area contributed by atoms with Crippen LogP contribution in [0.1, 0.15) is 53.9 Å². The van der Waals surface area contributed by atoms with Gasteiger partial charge in [-0.15, -0.1) is 0 Å². The monoisotopic (exact) mass is 469 g/mol. The van der Waals surface area contributed by atoms with Crippen molar-refractivity contribution in [3.8, 4) is 0 Å². The minimum absolute atomic E-state index is 0.00311. The predicted octanol–water partition coefficient (Wildman–Crippen LogP) is 1.13. The van der Waals surface area contributed by atoms with Crippen molar-refractivity contribution in [1.29, 1.82) is 0 Å². The lowest BCUT2D eigenvalue weighted by atomic mass is 9.88. The van der Waals surface area contributed by atoms with Crippen LogP contribution in [-0.4, -0.2) is 75.9 Å². The average Bonchev–Trinajstić information content (AvgIpc) is 2.65. The Bertz CT molecular complexity index is 675. The van der Waals surface area contributed by atoms with Crippen LogP contribution < -0.4 is 5.32 Å². The molecule has 182 valence electrons. The summed E-state index contributed by atoms with van der Waals surface area (Å²) in [4.78, 5) is 34.0. The van der Waals surface area contributed by atoms with Crippen LogP contribution in [0.3, 0.4) is 0 Å². The van der Waals surface area contributed by atoms with Crippen molar-refractivity contribution in [3.05, 3.63) is 0 Å². The average molecular weight is 470 g/mol. The maximum absolute atomic E-state index is 12.0. The number of rotatable bonds is 15. The van der Waals surface area contributed by atoms with E-state index in [-0.39, 0.29) is 43.9 Å². The number of unbranched alkanes of at least 4 members (excludes halogenated alkanes) is 1. The zero-order valence-corrected chi connectivity index (χ0v) is 19.7. The first-order valence-electron chi connectivity index (χ1n) is 10.1. The Morgan fingerprint density at radius 2 is 1.61 bits per heavy atom. The van der Waals surface area contributed by atoms with Crippen molar-refractivity contribution in [2.75, 3.05) is 32.1 Å². The summed E-state index contributed by atoms with van der Waals surface area (Å²) in [6.07, 6.45) is -1.65. The number of carbonyl (C=O) groups is 3. The van der Waals surface area contributed by atoms with Crippen LogP contribution in [-0.2, 0) is 38.1 Å². The first-order chi connectivity index (χ1) is 14.3. The number of amides is 1. The highest BCUT2D eigenvalue weighted by atomic mass is 32.2. The van der Waals surface area contributed by atoms with Crippen LogP contribution in [0.15, 0.2) is 0 Å². The molecule has 0 aliphatic heterocycles. The standard InChI is InChI=1S/C19H35NO10S/c1-14(2)30-18(24)28-11-7-6-10-27-17(23)16(22)19(4,5)13-29-31(25,26)12-8-9-20-15(3)21/h14,16,22H,6-13H2,1-5H3,(H,20,21)/t16-/m0/s1. The molecule has 0 spiro atoms. The van der Waals surface area contributed by atoms with E-state index in [4.69, 9.17) is 18.4 Å². The number of carbonyl (C=O) groups excluding carboxylic acids is 3. The molecule has 0 saturated heterocycles. The lowest BCUT2D eigenvalue weighted by Crippen LogP contribution is -2.41. The van der Waals surface area contributed by atoms with Gasteiger partial charge in [0, 0.05) is 18.9 Å². The van der Waals surface area contributed by atoms with Crippen molar-refractivity contribution in [1.82, 2.24) is 5.32 Å². The second-order valence-corrected chi connectivity index (χ2v) is 9.65. The summed E-state index contributed by atoms with van der Waals surface area (Å²) in [5, 5.41) is 12.7. The van der Waals surface area contributed by atoms with Gasteiger partial charge >= 0.3 is 12.1 Å². The lowest BCUT2D eigenvalue weighted by molar-refractivity contribution is -0.161. The Labute approximate surface area is 183 Å². The molecule has 0 aromatic rings. The molecular formula is C19H35NO10S. The molecule has 0 aliphatic rings. The summed E-state index contributed by atoms with van der Waals surface area (Å²) in [5.41, 5.74) is -1.22. The number of hydrogen-bond acceptors (Lipinski definition) is 10. The molecule has 0 unspecified atom stereocenters. The van der Waals surface area contributed by atoms with Crippen LogP contribution >= 0.6 is 0 Å².